The van der Waals surface area contributed by atoms with E-state index < -0.39 is 11.8 Å². The zero-order valence-electron chi connectivity index (χ0n) is 14.7. The quantitative estimate of drug-likeness (QED) is 0.473. The lowest BCUT2D eigenvalue weighted by atomic mass is 10.1. The van der Waals surface area contributed by atoms with Crippen LogP contribution in [-0.4, -0.2) is 21.5 Å². The average molecular weight is 384 g/mol. The van der Waals surface area contributed by atoms with Gasteiger partial charge in [-0.2, -0.15) is 5.26 Å². The number of nitrogens with zero attached hydrogens (tertiary/aromatic N) is 2. The van der Waals surface area contributed by atoms with Crippen LogP contribution in [0, 0.1) is 39.0 Å². The van der Waals surface area contributed by atoms with E-state index in [1.807, 2.05) is 38.3 Å². The van der Waals surface area contributed by atoms with Crippen LogP contribution in [0.15, 0.2) is 11.6 Å². The Hall–Kier alpha value is -2.76. The molecule has 0 aromatic carbocycles. The second-order valence-corrected chi connectivity index (χ2v) is 7.64. The molecular formula is C18H16N4O2S2. The molecule has 2 amide bonds. The van der Waals surface area contributed by atoms with Crippen molar-refractivity contribution in [1.82, 2.24) is 15.2 Å². The van der Waals surface area contributed by atoms with Crippen molar-refractivity contribution in [3.05, 3.63) is 44.6 Å². The number of thiophene rings is 1. The van der Waals surface area contributed by atoms with E-state index in [9.17, 15) is 14.9 Å². The predicted octanol–water partition coefficient (Wildman–Crippen LogP) is 2.56. The highest BCUT2D eigenvalue weighted by Crippen LogP contribution is 2.34. The molecule has 1 fully saturated rings. The van der Waals surface area contributed by atoms with Crippen molar-refractivity contribution in [2.75, 3.05) is 0 Å². The molecule has 6 nitrogen and oxygen atoms in total. The van der Waals surface area contributed by atoms with Crippen molar-refractivity contribution in [2.45, 2.75) is 27.7 Å². The third kappa shape index (κ3) is 2.85. The van der Waals surface area contributed by atoms with Crippen LogP contribution in [0.1, 0.15) is 33.0 Å². The lowest BCUT2D eigenvalue weighted by molar-refractivity contribution is -0.123. The summed E-state index contributed by atoms with van der Waals surface area (Å²) in [5.41, 5.74) is 4.12. The van der Waals surface area contributed by atoms with Crippen LogP contribution >= 0.6 is 23.6 Å². The van der Waals surface area contributed by atoms with Crippen LogP contribution in [0.5, 0.6) is 0 Å². The fraction of sp³-hybridized carbons (Fsp3) is 0.222. The zero-order valence-corrected chi connectivity index (χ0v) is 16.3. The van der Waals surface area contributed by atoms with Crippen molar-refractivity contribution in [3.63, 3.8) is 0 Å². The van der Waals surface area contributed by atoms with Crippen LogP contribution in [-0.2, 0) is 9.59 Å². The van der Waals surface area contributed by atoms with Crippen LogP contribution in [0.2, 0.25) is 0 Å². The van der Waals surface area contributed by atoms with Crippen LogP contribution in [0.3, 0.4) is 0 Å². The van der Waals surface area contributed by atoms with E-state index >= 15 is 0 Å². The molecule has 132 valence electrons. The minimum atomic E-state index is -0.524. The third-order valence-electron chi connectivity index (χ3n) is 4.40. The highest BCUT2D eigenvalue weighted by atomic mass is 32.1. The number of nitrogens with one attached hydrogen (secondary N) is 2. The minimum absolute atomic E-state index is 0.00195. The first-order valence-electron chi connectivity index (χ1n) is 7.82. The minimum Gasteiger partial charge on any atom is -0.308 e. The summed E-state index contributed by atoms with van der Waals surface area (Å²) >= 11 is 6.36. The molecule has 3 rings (SSSR count). The lowest BCUT2D eigenvalue weighted by Crippen LogP contribution is -2.51. The van der Waals surface area contributed by atoms with E-state index in [-0.39, 0.29) is 10.7 Å². The lowest BCUT2D eigenvalue weighted by Gasteiger charge is -2.16. The van der Waals surface area contributed by atoms with Crippen molar-refractivity contribution >= 4 is 46.6 Å². The molecule has 2 aromatic rings. The standard InChI is InChI=1S/C18H16N4O2S2/c1-8-5-12(6-13-15(23)20-18(25)21-16(13)24)10(3)22(8)17-14(7-19)9(2)11(4)26-17/h5-6H,1-4H3,(H2,20,21,23,24,25). The van der Waals surface area contributed by atoms with Gasteiger partial charge in [-0.3, -0.25) is 20.2 Å². The Morgan fingerprint density at radius 1 is 1.19 bits per heavy atom. The van der Waals surface area contributed by atoms with E-state index in [0.717, 1.165) is 32.4 Å². The first-order chi connectivity index (χ1) is 12.2. The first-order valence-corrected chi connectivity index (χ1v) is 9.04. The van der Waals surface area contributed by atoms with Gasteiger partial charge in [-0.1, -0.05) is 0 Å². The van der Waals surface area contributed by atoms with Gasteiger partial charge in [0.25, 0.3) is 11.8 Å². The summed E-state index contributed by atoms with van der Waals surface area (Å²) in [4.78, 5) is 25.2. The fourth-order valence-corrected chi connectivity index (χ4v) is 4.31. The van der Waals surface area contributed by atoms with Gasteiger partial charge >= 0.3 is 0 Å². The van der Waals surface area contributed by atoms with E-state index in [2.05, 4.69) is 16.7 Å². The highest BCUT2D eigenvalue weighted by Gasteiger charge is 2.26. The van der Waals surface area contributed by atoms with Gasteiger partial charge in [0.2, 0.25) is 0 Å². The van der Waals surface area contributed by atoms with E-state index in [0.29, 0.717) is 5.56 Å². The second kappa shape index (κ2) is 6.52. The maximum atomic E-state index is 12.1. The number of thiocarbonyl (C=S) groups is 1. The number of hydrogen-bond donors (Lipinski definition) is 2. The Kier molecular flexibility index (Phi) is 4.52. The second-order valence-electron chi connectivity index (χ2n) is 6.03. The number of carbonyl (C=O) groups is 2. The van der Waals surface area contributed by atoms with Gasteiger partial charge in [0.15, 0.2) is 5.11 Å². The van der Waals surface area contributed by atoms with Gasteiger partial charge in [-0.05, 0) is 63.2 Å². The molecule has 8 heteroatoms. The molecule has 1 aliphatic rings. The van der Waals surface area contributed by atoms with E-state index in [1.165, 1.54) is 0 Å². The summed E-state index contributed by atoms with van der Waals surface area (Å²) in [5.74, 6) is -1.05. The highest BCUT2D eigenvalue weighted by molar-refractivity contribution is 7.80. The average Bonchev–Trinajstić information content (AvgIpc) is 2.99. The molecule has 0 aliphatic carbocycles. The van der Waals surface area contributed by atoms with Gasteiger partial charge in [0.05, 0.1) is 5.56 Å². The van der Waals surface area contributed by atoms with Gasteiger partial charge in [0.1, 0.15) is 16.6 Å². The molecular weight excluding hydrogens is 368 g/mol. The molecule has 0 unspecified atom stereocenters. The Morgan fingerprint density at radius 3 is 2.38 bits per heavy atom. The molecule has 0 bridgehead atoms. The van der Waals surface area contributed by atoms with Gasteiger partial charge in [-0.15, -0.1) is 11.3 Å². The summed E-state index contributed by atoms with van der Waals surface area (Å²) in [6, 6.07) is 4.17. The number of aryl methyl sites for hydroxylation is 2. The summed E-state index contributed by atoms with van der Waals surface area (Å²) in [6.45, 7) is 7.75. The topological polar surface area (TPSA) is 86.9 Å². The van der Waals surface area contributed by atoms with Crippen molar-refractivity contribution in [3.8, 4) is 11.1 Å². The first kappa shape index (κ1) is 18.0. The normalized spacial score (nSPS) is 14.1. The molecule has 3 heterocycles. The molecule has 0 saturated carbocycles. The van der Waals surface area contributed by atoms with Gasteiger partial charge in [-0.25, -0.2) is 0 Å². The summed E-state index contributed by atoms with van der Waals surface area (Å²) in [5, 5.41) is 15.2. The molecule has 0 atom stereocenters. The molecule has 0 radical (unpaired) electrons. The number of amides is 2. The Labute approximate surface area is 160 Å². The van der Waals surface area contributed by atoms with Gasteiger partial charge in [0, 0.05) is 16.3 Å². The Balaban J connectivity index is 2.14. The van der Waals surface area contributed by atoms with Crippen molar-refractivity contribution < 1.29 is 9.59 Å². The van der Waals surface area contributed by atoms with Crippen LogP contribution in [0.4, 0.5) is 0 Å². The summed E-state index contributed by atoms with van der Waals surface area (Å²) < 4.78 is 1.99. The SMILES string of the molecule is Cc1sc(-n2c(C)cc(C=C3C(=O)NC(=S)NC3=O)c2C)c(C#N)c1C. The number of nitriles is 1. The summed E-state index contributed by atoms with van der Waals surface area (Å²) in [7, 11) is 0. The van der Waals surface area contributed by atoms with E-state index in [4.69, 9.17) is 12.2 Å². The van der Waals surface area contributed by atoms with Crippen molar-refractivity contribution in [2.24, 2.45) is 0 Å². The summed E-state index contributed by atoms with van der Waals surface area (Å²) in [6.07, 6.45) is 1.55. The third-order valence-corrected chi connectivity index (χ3v) is 5.79. The molecule has 1 saturated heterocycles. The molecule has 2 N–H and O–H groups in total. The maximum absolute atomic E-state index is 12.1. The Morgan fingerprint density at radius 2 is 1.81 bits per heavy atom. The van der Waals surface area contributed by atoms with Crippen LogP contribution in [0.25, 0.3) is 11.1 Å². The van der Waals surface area contributed by atoms with Crippen molar-refractivity contribution in [1.29, 1.82) is 5.26 Å². The predicted molar refractivity (Wildman–Crippen MR) is 104 cm³/mol. The van der Waals surface area contributed by atoms with Crippen LogP contribution < -0.4 is 10.6 Å². The number of carbonyl (C=O) groups excluding carboxylic acids is 2. The number of aromatic nitrogens is 1. The molecule has 1 aliphatic heterocycles. The number of rotatable bonds is 2. The zero-order chi connectivity index (χ0) is 19.2. The largest absolute Gasteiger partial charge is 0.308 e. The fourth-order valence-electron chi connectivity index (χ4n) is 2.91. The molecule has 26 heavy (non-hydrogen) atoms. The van der Waals surface area contributed by atoms with E-state index in [1.54, 1.807) is 17.4 Å². The van der Waals surface area contributed by atoms with Gasteiger partial charge < -0.3 is 4.57 Å². The Bertz CT molecular complexity index is 1030. The molecule has 2 aromatic heterocycles. The number of hydrogen-bond acceptors (Lipinski definition) is 5. The molecule has 0 spiro atoms. The monoisotopic (exact) mass is 384 g/mol. The smallest absolute Gasteiger partial charge is 0.263 e. The maximum Gasteiger partial charge on any atom is 0.263 e.